The molecule has 0 aliphatic rings. The number of phosphoric ester groups is 1. The minimum absolute atomic E-state index is 0.0168. The lowest BCUT2D eigenvalue weighted by Gasteiger charge is -2.30. The fourth-order valence-electron chi connectivity index (χ4n) is 9.57. The maximum absolute atomic E-state index is 13.0. The van der Waals surface area contributed by atoms with Gasteiger partial charge in [-0.15, -0.1) is 0 Å². The number of carbonyl (C=O) groups is 1. The molecule has 0 aromatic carbocycles. The summed E-state index contributed by atoms with van der Waals surface area (Å²) in [4.78, 5) is 25.6. The molecule has 0 aliphatic carbocycles. The van der Waals surface area contributed by atoms with E-state index >= 15 is 0 Å². The van der Waals surface area contributed by atoms with Gasteiger partial charge in [-0.3, -0.25) is 9.36 Å². The number of carbonyl (C=O) groups excluding carboxylic acids is 1. The van der Waals surface area contributed by atoms with Gasteiger partial charge in [0, 0.05) is 6.42 Å². The van der Waals surface area contributed by atoms with Crippen molar-refractivity contribution in [3.8, 4) is 0 Å². The Labute approximate surface area is 425 Å². The number of aliphatic hydroxyl groups excluding tert-OH is 1. The molecule has 0 bridgehead atoms. The smallest absolute Gasteiger partial charge is 0.268 e. The number of hydrogen-bond acceptors (Lipinski definition) is 6. The van der Waals surface area contributed by atoms with E-state index in [1.807, 2.05) is 21.1 Å². The number of quaternary nitrogens is 1. The van der Waals surface area contributed by atoms with Gasteiger partial charge >= 0.3 is 0 Å². The van der Waals surface area contributed by atoms with Gasteiger partial charge in [-0.05, 0) is 12.8 Å². The van der Waals surface area contributed by atoms with E-state index in [2.05, 4.69) is 19.2 Å². The molecule has 3 atom stereocenters. The van der Waals surface area contributed by atoms with Crippen molar-refractivity contribution in [1.29, 1.82) is 0 Å². The molecule has 0 aromatic heterocycles. The molecule has 9 heteroatoms. The van der Waals surface area contributed by atoms with Crippen molar-refractivity contribution in [2.75, 3.05) is 40.9 Å². The lowest BCUT2D eigenvalue weighted by atomic mass is 10.0. The molecule has 68 heavy (non-hydrogen) atoms. The second-order valence-corrected chi connectivity index (χ2v) is 23.8. The monoisotopic (exact) mass is 985 g/mol. The molecule has 1 amide bonds. The van der Waals surface area contributed by atoms with E-state index in [0.717, 1.165) is 38.5 Å². The first-order valence-electron chi connectivity index (χ1n) is 30.4. The number of likely N-dealkylation sites (N-methyl/N-ethyl adjacent to an activating group) is 1. The molecule has 0 rings (SSSR count). The molecule has 8 nitrogen and oxygen atoms in total. The zero-order valence-corrected chi connectivity index (χ0v) is 47.5. The number of hydrogen-bond donors (Lipinski definition) is 2. The van der Waals surface area contributed by atoms with E-state index < -0.39 is 20.0 Å². The molecule has 0 heterocycles. The highest BCUT2D eigenvalue weighted by Gasteiger charge is 2.24. The minimum atomic E-state index is -4.57. The third kappa shape index (κ3) is 53.3. The molecule has 0 aromatic rings. The fraction of sp³-hybridized carbons (Fsp3) is 0.983. The standard InChI is InChI=1S/C59H121N2O6P/c1-6-8-10-12-14-16-18-20-22-24-26-28-29-30-31-33-35-37-39-41-43-45-47-49-51-53-59(63)60-57(56-67-68(64,65)66-55-54-61(3,4)5)58(62)52-50-48-46-44-42-40-38-36-34-32-27-25-23-21-19-17-15-13-11-9-7-2/h57-58,62H,6-56H2,1-5H3,(H-,60,63,64,65). The first-order valence-corrected chi connectivity index (χ1v) is 31.8. The van der Waals surface area contributed by atoms with Gasteiger partial charge in [-0.1, -0.05) is 303 Å². The molecular weight excluding hydrogens is 864 g/mol. The summed E-state index contributed by atoms with van der Waals surface area (Å²) in [5, 5.41) is 14.1. The van der Waals surface area contributed by atoms with Crippen molar-refractivity contribution in [1.82, 2.24) is 5.32 Å². The van der Waals surface area contributed by atoms with Crippen LogP contribution in [0.4, 0.5) is 0 Å². The van der Waals surface area contributed by atoms with Crippen molar-refractivity contribution < 1.29 is 32.9 Å². The van der Waals surface area contributed by atoms with Crippen molar-refractivity contribution in [3.05, 3.63) is 0 Å². The molecule has 0 saturated heterocycles. The van der Waals surface area contributed by atoms with Crippen LogP contribution in [-0.4, -0.2) is 68.5 Å². The van der Waals surface area contributed by atoms with E-state index in [1.54, 1.807) is 0 Å². The van der Waals surface area contributed by atoms with Crippen molar-refractivity contribution in [2.24, 2.45) is 0 Å². The van der Waals surface area contributed by atoms with Crippen LogP contribution in [0.15, 0.2) is 0 Å². The van der Waals surface area contributed by atoms with Crippen LogP contribution in [0.1, 0.15) is 322 Å². The minimum Gasteiger partial charge on any atom is -0.756 e. The van der Waals surface area contributed by atoms with Gasteiger partial charge in [0.05, 0.1) is 39.9 Å². The van der Waals surface area contributed by atoms with E-state index in [-0.39, 0.29) is 19.1 Å². The number of nitrogens with zero attached hydrogens (tertiary/aromatic N) is 1. The SMILES string of the molecule is CCCCCCCCCCCCCCCCCCCCCCCCCCCC(=O)NC(COP(=O)([O-])OCC[N+](C)(C)C)C(O)CCCCCCCCCCCCCCCCCCCCCCC. The van der Waals surface area contributed by atoms with Gasteiger partial charge in [0.1, 0.15) is 13.2 Å². The van der Waals surface area contributed by atoms with Crippen LogP contribution in [0.2, 0.25) is 0 Å². The molecule has 408 valence electrons. The Morgan fingerprint density at radius 3 is 1.00 bits per heavy atom. The van der Waals surface area contributed by atoms with Crippen LogP contribution in [0.25, 0.3) is 0 Å². The number of amides is 1. The molecule has 2 N–H and O–H groups in total. The van der Waals surface area contributed by atoms with Crippen molar-refractivity contribution in [3.63, 3.8) is 0 Å². The number of rotatable bonds is 57. The van der Waals surface area contributed by atoms with Gasteiger partial charge in [-0.25, -0.2) is 0 Å². The van der Waals surface area contributed by atoms with Crippen LogP contribution in [-0.2, 0) is 18.4 Å². The first-order chi connectivity index (χ1) is 33.0. The molecule has 3 unspecified atom stereocenters. The van der Waals surface area contributed by atoms with Crippen LogP contribution >= 0.6 is 7.82 Å². The number of aliphatic hydroxyl groups is 1. The Kier molecular flexibility index (Phi) is 51.0. The lowest BCUT2D eigenvalue weighted by Crippen LogP contribution is -2.46. The predicted molar refractivity (Wildman–Crippen MR) is 293 cm³/mol. The van der Waals surface area contributed by atoms with E-state index in [9.17, 15) is 19.4 Å². The highest BCUT2D eigenvalue weighted by molar-refractivity contribution is 7.45. The zero-order valence-electron chi connectivity index (χ0n) is 46.6. The summed E-state index contributed by atoms with van der Waals surface area (Å²) in [6.45, 7) is 4.79. The zero-order chi connectivity index (χ0) is 49.9. The van der Waals surface area contributed by atoms with Crippen molar-refractivity contribution >= 4 is 13.7 Å². The highest BCUT2D eigenvalue weighted by Crippen LogP contribution is 2.38. The average molecular weight is 986 g/mol. The summed E-state index contributed by atoms with van der Waals surface area (Å²) < 4.78 is 23.5. The van der Waals surface area contributed by atoms with Gasteiger partial charge in [0.25, 0.3) is 7.82 Å². The maximum Gasteiger partial charge on any atom is 0.268 e. The van der Waals surface area contributed by atoms with E-state index in [0.29, 0.717) is 23.9 Å². The molecular formula is C59H121N2O6P. The number of nitrogens with one attached hydrogen (secondary N) is 1. The molecule has 0 radical (unpaired) electrons. The normalized spacial score (nSPS) is 13.8. The quantitative estimate of drug-likeness (QED) is 0.0357. The highest BCUT2D eigenvalue weighted by atomic mass is 31.2. The third-order valence-electron chi connectivity index (χ3n) is 14.3. The van der Waals surface area contributed by atoms with E-state index in [4.69, 9.17) is 9.05 Å². The maximum atomic E-state index is 13.0. The summed E-state index contributed by atoms with van der Waals surface area (Å²) in [6, 6.07) is -0.795. The van der Waals surface area contributed by atoms with Crippen LogP contribution in [0.5, 0.6) is 0 Å². The van der Waals surface area contributed by atoms with Gasteiger partial charge in [-0.2, -0.15) is 0 Å². The summed E-state index contributed by atoms with van der Waals surface area (Å²) >= 11 is 0. The largest absolute Gasteiger partial charge is 0.756 e. The summed E-state index contributed by atoms with van der Waals surface area (Å²) in [5.41, 5.74) is 0. The van der Waals surface area contributed by atoms with Crippen LogP contribution in [0.3, 0.4) is 0 Å². The number of phosphoric acid groups is 1. The summed E-state index contributed by atoms with van der Waals surface area (Å²) in [6.07, 6.45) is 61.4. The molecule has 0 aliphatic heterocycles. The van der Waals surface area contributed by atoms with Gasteiger partial charge in [0.2, 0.25) is 5.91 Å². The molecule has 0 fully saturated rings. The molecule has 0 saturated carbocycles. The Hall–Kier alpha value is -0.500. The predicted octanol–water partition coefficient (Wildman–Crippen LogP) is 17.8. The van der Waals surface area contributed by atoms with Crippen LogP contribution < -0.4 is 10.2 Å². The average Bonchev–Trinajstić information content (AvgIpc) is 3.30. The summed E-state index contributed by atoms with van der Waals surface area (Å²) in [7, 11) is 1.33. The Morgan fingerprint density at radius 2 is 0.721 bits per heavy atom. The lowest BCUT2D eigenvalue weighted by molar-refractivity contribution is -0.870. The second kappa shape index (κ2) is 51.4. The first kappa shape index (κ1) is 67.5. The van der Waals surface area contributed by atoms with Gasteiger partial charge < -0.3 is 28.8 Å². The summed E-state index contributed by atoms with van der Waals surface area (Å²) in [5.74, 6) is -0.155. The van der Waals surface area contributed by atoms with Crippen LogP contribution in [0, 0.1) is 0 Å². The second-order valence-electron chi connectivity index (χ2n) is 22.4. The Balaban J connectivity index is 4.08. The topological polar surface area (TPSA) is 108 Å². The third-order valence-corrected chi connectivity index (χ3v) is 15.3. The molecule has 0 spiro atoms. The number of unbranched alkanes of at least 4 members (excludes halogenated alkanes) is 44. The van der Waals surface area contributed by atoms with E-state index in [1.165, 1.54) is 257 Å². The van der Waals surface area contributed by atoms with Crippen molar-refractivity contribution in [2.45, 2.75) is 334 Å². The van der Waals surface area contributed by atoms with Gasteiger partial charge in [0.15, 0.2) is 0 Å². The fourth-order valence-corrected chi connectivity index (χ4v) is 10.3. The Bertz CT molecular complexity index is 1070. The Morgan fingerprint density at radius 1 is 0.456 bits per heavy atom.